The first kappa shape index (κ1) is 16.6. The first-order valence-electron chi connectivity index (χ1n) is 8.53. The molecule has 1 N–H and O–H groups in total. The third-order valence-corrected chi connectivity index (χ3v) is 4.92. The molecule has 2 aromatic carbocycles. The fourth-order valence-electron chi connectivity index (χ4n) is 3.10. The van der Waals surface area contributed by atoms with E-state index in [4.69, 9.17) is 22.3 Å². The Balaban J connectivity index is 1.72. The van der Waals surface area contributed by atoms with Crippen LogP contribution in [0.1, 0.15) is 29.3 Å². The van der Waals surface area contributed by atoms with Gasteiger partial charge in [-0.25, -0.2) is 9.99 Å². The number of benzene rings is 2. The Kier molecular flexibility index (Phi) is 4.34. The number of hydrogen-bond donors (Lipinski definition) is 1. The molecule has 0 saturated carbocycles. The van der Waals surface area contributed by atoms with Crippen LogP contribution in [0.15, 0.2) is 59.8 Å². The molecule has 0 bridgehead atoms. The van der Waals surface area contributed by atoms with Crippen LogP contribution in [0.2, 0.25) is 0 Å². The molecule has 1 aliphatic rings. The van der Waals surface area contributed by atoms with Crippen molar-refractivity contribution in [2.45, 2.75) is 19.4 Å². The van der Waals surface area contributed by atoms with Gasteiger partial charge in [-0.15, -0.1) is 0 Å². The zero-order valence-electron chi connectivity index (χ0n) is 14.7. The first-order valence-corrected chi connectivity index (χ1v) is 8.93. The van der Waals surface area contributed by atoms with E-state index >= 15 is 0 Å². The van der Waals surface area contributed by atoms with Crippen molar-refractivity contribution in [2.24, 2.45) is 5.10 Å². The number of hydrazone groups is 1. The van der Waals surface area contributed by atoms with Crippen LogP contribution in [0, 0.1) is 6.92 Å². The van der Waals surface area contributed by atoms with E-state index in [1.807, 2.05) is 42.5 Å². The highest BCUT2D eigenvalue weighted by molar-refractivity contribution is 7.80. The average molecular weight is 361 g/mol. The Morgan fingerprint density at radius 2 is 1.85 bits per heavy atom. The molecule has 130 valence electrons. The summed E-state index contributed by atoms with van der Waals surface area (Å²) in [6, 6.07) is 16.2. The summed E-state index contributed by atoms with van der Waals surface area (Å²) in [4.78, 5) is 9.35. The summed E-state index contributed by atoms with van der Waals surface area (Å²) in [5, 5.41) is 10.2. The number of fused-ring (bicyclic) bond motifs is 1. The van der Waals surface area contributed by atoms with Gasteiger partial charge in [0.2, 0.25) is 0 Å². The van der Waals surface area contributed by atoms with Crippen LogP contribution in [0.4, 0.5) is 0 Å². The second-order valence-electron chi connectivity index (χ2n) is 6.32. The van der Waals surface area contributed by atoms with Crippen molar-refractivity contribution in [1.29, 1.82) is 0 Å². The summed E-state index contributed by atoms with van der Waals surface area (Å²) in [5.74, 6) is 0. The fourth-order valence-corrected chi connectivity index (χ4v) is 3.26. The van der Waals surface area contributed by atoms with Crippen molar-refractivity contribution in [3.05, 3.63) is 71.5 Å². The van der Waals surface area contributed by atoms with E-state index in [1.54, 1.807) is 0 Å². The second-order valence-corrected chi connectivity index (χ2v) is 6.70. The lowest BCUT2D eigenvalue weighted by molar-refractivity contribution is 0.360. The van der Waals surface area contributed by atoms with Gasteiger partial charge in [0.25, 0.3) is 0 Å². The average Bonchev–Trinajstić information content (AvgIpc) is 3.13. The molecule has 5 nitrogen and oxygen atoms in total. The van der Waals surface area contributed by atoms with Gasteiger partial charge in [0.1, 0.15) is 6.04 Å². The summed E-state index contributed by atoms with van der Waals surface area (Å²) >= 11 is 5.47. The van der Waals surface area contributed by atoms with Crippen LogP contribution in [-0.2, 0) is 0 Å². The second kappa shape index (κ2) is 6.80. The summed E-state index contributed by atoms with van der Waals surface area (Å²) in [5.41, 5.74) is 5.97. The molecule has 1 aliphatic heterocycles. The van der Waals surface area contributed by atoms with Crippen LogP contribution in [0.5, 0.6) is 0 Å². The van der Waals surface area contributed by atoms with Gasteiger partial charge in [-0.1, -0.05) is 42.0 Å². The molecule has 2 heterocycles. The van der Waals surface area contributed by atoms with E-state index in [1.165, 1.54) is 5.56 Å². The maximum atomic E-state index is 5.47. The monoisotopic (exact) mass is 361 g/mol. The number of nitrogens with one attached hydrogen (secondary N) is 1. The summed E-state index contributed by atoms with van der Waals surface area (Å²) < 4.78 is 0. The van der Waals surface area contributed by atoms with Crippen LogP contribution in [0.25, 0.3) is 11.0 Å². The Bertz CT molecular complexity index is 997. The van der Waals surface area contributed by atoms with Crippen molar-refractivity contribution in [3.63, 3.8) is 0 Å². The number of thiocarbonyl (C=S) groups is 1. The van der Waals surface area contributed by atoms with Crippen LogP contribution < -0.4 is 5.32 Å². The molecule has 0 spiro atoms. The van der Waals surface area contributed by atoms with E-state index in [0.29, 0.717) is 5.11 Å². The number of aryl methyl sites for hydroxylation is 1. The third kappa shape index (κ3) is 3.04. The number of hydrogen-bond acceptors (Lipinski definition) is 4. The number of rotatable bonds is 2. The largest absolute Gasteiger partial charge is 0.364 e. The van der Waals surface area contributed by atoms with E-state index in [-0.39, 0.29) is 6.04 Å². The molecule has 0 aliphatic carbocycles. The van der Waals surface area contributed by atoms with Crippen molar-refractivity contribution in [3.8, 4) is 0 Å². The van der Waals surface area contributed by atoms with E-state index < -0.39 is 0 Å². The zero-order valence-corrected chi connectivity index (χ0v) is 15.5. The van der Waals surface area contributed by atoms with Gasteiger partial charge in [-0.3, -0.25) is 4.98 Å². The number of aromatic nitrogens is 2. The molecule has 4 rings (SSSR count). The van der Waals surface area contributed by atoms with Gasteiger partial charge in [0.15, 0.2) is 5.11 Å². The lowest BCUT2D eigenvalue weighted by Gasteiger charge is -2.22. The topological polar surface area (TPSA) is 53.4 Å². The zero-order chi connectivity index (χ0) is 18.1. The summed E-state index contributed by atoms with van der Waals surface area (Å²) in [6.07, 6.45) is 2.56. The fraction of sp³-hybridized carbons (Fsp3) is 0.200. The minimum Gasteiger partial charge on any atom is -0.364 e. The van der Waals surface area contributed by atoms with Crippen molar-refractivity contribution >= 4 is 34.1 Å². The lowest BCUT2D eigenvalue weighted by atomic mass is 10.0. The Morgan fingerprint density at radius 1 is 1.12 bits per heavy atom. The standard InChI is InChI=1S/C20H19N5S/c1-13-7-9-14(10-8-13)17-11-19(25(24-17)20(26)21-2)18-12-22-15-5-3-4-6-16(15)23-18/h3-10,12,19H,11H2,1-2H3,(H,21,26). The Labute approximate surface area is 157 Å². The molecule has 1 atom stereocenters. The molecular weight excluding hydrogens is 342 g/mol. The van der Waals surface area contributed by atoms with Crippen LogP contribution >= 0.6 is 12.2 Å². The molecule has 0 radical (unpaired) electrons. The normalized spacial score (nSPS) is 16.6. The highest BCUT2D eigenvalue weighted by atomic mass is 32.1. The van der Waals surface area contributed by atoms with Gasteiger partial charge in [0, 0.05) is 13.5 Å². The van der Waals surface area contributed by atoms with Crippen LogP contribution in [0.3, 0.4) is 0 Å². The molecule has 0 amide bonds. The molecule has 26 heavy (non-hydrogen) atoms. The number of para-hydroxylation sites is 2. The van der Waals surface area contributed by atoms with E-state index in [9.17, 15) is 0 Å². The van der Waals surface area contributed by atoms with Gasteiger partial charge < -0.3 is 5.32 Å². The summed E-state index contributed by atoms with van der Waals surface area (Å²) in [6.45, 7) is 2.08. The van der Waals surface area contributed by atoms with Crippen molar-refractivity contribution in [2.75, 3.05) is 7.05 Å². The van der Waals surface area contributed by atoms with Gasteiger partial charge in [-0.2, -0.15) is 5.10 Å². The Hall–Kier alpha value is -2.86. The van der Waals surface area contributed by atoms with Gasteiger partial charge >= 0.3 is 0 Å². The smallest absolute Gasteiger partial charge is 0.190 e. The van der Waals surface area contributed by atoms with Gasteiger partial charge in [-0.05, 0) is 36.8 Å². The van der Waals surface area contributed by atoms with E-state index in [0.717, 1.165) is 34.4 Å². The predicted molar refractivity (Wildman–Crippen MR) is 108 cm³/mol. The van der Waals surface area contributed by atoms with Crippen LogP contribution in [-0.4, -0.2) is 32.8 Å². The minimum atomic E-state index is -0.0663. The van der Waals surface area contributed by atoms with E-state index in [2.05, 4.69) is 41.5 Å². The molecular formula is C20H19N5S. The van der Waals surface area contributed by atoms with Gasteiger partial charge in [0.05, 0.1) is 28.6 Å². The molecule has 6 heteroatoms. The summed E-state index contributed by atoms with van der Waals surface area (Å²) in [7, 11) is 1.81. The first-order chi connectivity index (χ1) is 12.7. The van der Waals surface area contributed by atoms with Crippen molar-refractivity contribution < 1.29 is 0 Å². The highest BCUT2D eigenvalue weighted by Gasteiger charge is 2.32. The molecule has 0 saturated heterocycles. The maximum absolute atomic E-state index is 5.47. The maximum Gasteiger partial charge on any atom is 0.190 e. The lowest BCUT2D eigenvalue weighted by Crippen LogP contribution is -2.34. The molecule has 1 aromatic heterocycles. The van der Waals surface area contributed by atoms with Crippen molar-refractivity contribution in [1.82, 2.24) is 20.3 Å². The quantitative estimate of drug-likeness (QED) is 0.707. The number of nitrogens with zero attached hydrogens (tertiary/aromatic N) is 4. The molecule has 0 fully saturated rings. The molecule has 3 aromatic rings. The predicted octanol–water partition coefficient (Wildman–Crippen LogP) is 3.59. The highest BCUT2D eigenvalue weighted by Crippen LogP contribution is 2.32. The third-order valence-electron chi connectivity index (χ3n) is 4.53. The minimum absolute atomic E-state index is 0.0663. The molecule has 1 unspecified atom stereocenters. The Morgan fingerprint density at radius 3 is 2.58 bits per heavy atom. The SMILES string of the molecule is CNC(=S)N1N=C(c2ccc(C)cc2)CC1c1cnc2ccccc2n1.